The smallest absolute Gasteiger partial charge is 0.150 e. The zero-order chi connectivity index (χ0) is 19.8. The quantitative estimate of drug-likeness (QED) is 0.357. The van der Waals surface area contributed by atoms with E-state index in [1.54, 1.807) is 6.07 Å². The molecule has 2 aromatic carbocycles. The molecule has 0 radical (unpaired) electrons. The lowest BCUT2D eigenvalue weighted by atomic mass is 9.83. The predicted molar refractivity (Wildman–Crippen MR) is 120 cm³/mol. The van der Waals surface area contributed by atoms with Gasteiger partial charge in [-0.05, 0) is 67.0 Å². The predicted octanol–water partition coefficient (Wildman–Crippen LogP) is 7.20. The molecular weight excluding hydrogens is 344 g/mol. The van der Waals surface area contributed by atoms with Crippen LogP contribution in [0.5, 0.6) is 11.5 Å². The summed E-state index contributed by atoms with van der Waals surface area (Å²) in [5, 5.41) is 0. The number of aryl methyl sites for hydroxylation is 1. The van der Waals surface area contributed by atoms with Gasteiger partial charge in [-0.15, -0.1) is 0 Å². The molecule has 1 aliphatic carbocycles. The zero-order valence-electron chi connectivity index (χ0n) is 17.4. The second-order valence-electron chi connectivity index (χ2n) is 8.27. The van der Waals surface area contributed by atoms with Gasteiger partial charge in [0.25, 0.3) is 0 Å². The monoisotopic (exact) mass is 380 g/mol. The van der Waals surface area contributed by atoms with E-state index in [1.807, 2.05) is 12.1 Å². The van der Waals surface area contributed by atoms with Crippen molar-refractivity contribution in [1.29, 1.82) is 0 Å². The molecule has 3 heteroatoms. The summed E-state index contributed by atoms with van der Waals surface area (Å²) in [6, 6.07) is 12.3. The second-order valence-corrected chi connectivity index (χ2v) is 8.27. The average molecular weight is 381 g/mol. The number of ether oxygens (including phenoxy) is 1. The van der Waals surface area contributed by atoms with Crippen molar-refractivity contribution in [3.8, 4) is 11.5 Å². The highest BCUT2D eigenvalue weighted by Crippen LogP contribution is 2.40. The van der Waals surface area contributed by atoms with Crippen LogP contribution in [-0.2, 0) is 6.42 Å². The lowest BCUT2D eigenvalue weighted by Crippen LogP contribution is -2.07. The number of benzene rings is 2. The zero-order valence-corrected chi connectivity index (χ0v) is 17.4. The first-order valence-electron chi connectivity index (χ1n) is 11.1. The fourth-order valence-corrected chi connectivity index (χ4v) is 4.29. The summed E-state index contributed by atoms with van der Waals surface area (Å²) in [6.07, 6.45) is 14.3. The van der Waals surface area contributed by atoms with E-state index in [0.29, 0.717) is 23.0 Å². The first-order chi connectivity index (χ1) is 13.7. The van der Waals surface area contributed by atoms with Crippen molar-refractivity contribution in [1.82, 2.24) is 0 Å². The van der Waals surface area contributed by atoms with Gasteiger partial charge in [0.1, 0.15) is 11.5 Å². The maximum atomic E-state index is 6.28. The van der Waals surface area contributed by atoms with Crippen molar-refractivity contribution in [2.45, 2.75) is 83.5 Å². The van der Waals surface area contributed by atoms with Crippen molar-refractivity contribution in [2.24, 2.45) is 0 Å². The summed E-state index contributed by atoms with van der Waals surface area (Å²) in [6.45, 7) is 2.27. The molecule has 1 fully saturated rings. The third kappa shape index (κ3) is 5.67. The highest BCUT2D eigenvalue weighted by molar-refractivity contribution is 5.61. The van der Waals surface area contributed by atoms with Crippen LogP contribution in [0.25, 0.3) is 0 Å². The minimum absolute atomic E-state index is 0.592. The Morgan fingerprint density at radius 2 is 1.61 bits per heavy atom. The molecule has 28 heavy (non-hydrogen) atoms. The van der Waals surface area contributed by atoms with Crippen LogP contribution in [0.3, 0.4) is 0 Å². The molecule has 4 N–H and O–H groups in total. The number of nitrogens with two attached hydrogens (primary N) is 2. The molecule has 2 aromatic rings. The standard InChI is InChI=1S/C25H36N2O/c1-2-3-4-5-7-10-19-13-15-24(22(17-19)20-11-8-6-9-12-20)28-25-16-14-21(26)18-23(25)27/h13-18,20H,2-12,26-27H2,1H3. The first-order valence-corrected chi connectivity index (χ1v) is 11.1. The molecule has 0 saturated heterocycles. The number of rotatable bonds is 9. The van der Waals surface area contributed by atoms with Gasteiger partial charge in [0.15, 0.2) is 0 Å². The van der Waals surface area contributed by atoms with Gasteiger partial charge in [-0.25, -0.2) is 0 Å². The van der Waals surface area contributed by atoms with Crippen molar-refractivity contribution in [2.75, 3.05) is 11.5 Å². The SMILES string of the molecule is CCCCCCCc1ccc(Oc2ccc(N)cc2N)c(C2CCCCC2)c1. The van der Waals surface area contributed by atoms with Gasteiger partial charge in [-0.2, -0.15) is 0 Å². The highest BCUT2D eigenvalue weighted by Gasteiger charge is 2.20. The fourth-order valence-electron chi connectivity index (χ4n) is 4.29. The molecular formula is C25H36N2O. The lowest BCUT2D eigenvalue weighted by molar-refractivity contribution is 0.419. The number of unbranched alkanes of at least 4 members (excludes halogenated alkanes) is 4. The van der Waals surface area contributed by atoms with E-state index >= 15 is 0 Å². The topological polar surface area (TPSA) is 61.3 Å². The van der Waals surface area contributed by atoms with Gasteiger partial charge < -0.3 is 16.2 Å². The molecule has 0 aromatic heterocycles. The van der Waals surface area contributed by atoms with Crippen LogP contribution in [0.4, 0.5) is 11.4 Å². The summed E-state index contributed by atoms with van der Waals surface area (Å²) < 4.78 is 6.28. The molecule has 0 amide bonds. The van der Waals surface area contributed by atoms with Crippen LogP contribution in [0.2, 0.25) is 0 Å². The number of anilines is 2. The third-order valence-corrected chi connectivity index (χ3v) is 5.94. The summed E-state index contributed by atoms with van der Waals surface area (Å²) in [5.74, 6) is 2.25. The lowest BCUT2D eigenvalue weighted by Gasteiger charge is -2.25. The maximum absolute atomic E-state index is 6.28. The van der Waals surface area contributed by atoms with Crippen LogP contribution >= 0.6 is 0 Å². The molecule has 0 bridgehead atoms. The van der Waals surface area contributed by atoms with E-state index in [0.717, 1.165) is 12.2 Å². The molecule has 3 rings (SSSR count). The van der Waals surface area contributed by atoms with Crippen LogP contribution in [0.15, 0.2) is 36.4 Å². The van der Waals surface area contributed by atoms with Crippen molar-refractivity contribution >= 4 is 11.4 Å². The number of hydrogen-bond donors (Lipinski definition) is 2. The van der Waals surface area contributed by atoms with Crippen LogP contribution in [-0.4, -0.2) is 0 Å². The Hall–Kier alpha value is -2.16. The first kappa shape index (κ1) is 20.6. The molecule has 1 aliphatic rings. The molecule has 0 atom stereocenters. The maximum Gasteiger partial charge on any atom is 0.150 e. The summed E-state index contributed by atoms with van der Waals surface area (Å²) in [7, 11) is 0. The van der Waals surface area contributed by atoms with E-state index in [2.05, 4.69) is 25.1 Å². The molecule has 3 nitrogen and oxygen atoms in total. The van der Waals surface area contributed by atoms with Gasteiger partial charge >= 0.3 is 0 Å². The minimum Gasteiger partial charge on any atom is -0.455 e. The largest absolute Gasteiger partial charge is 0.455 e. The normalized spacial score (nSPS) is 14.9. The Balaban J connectivity index is 1.77. The Bertz CT molecular complexity index is 750. The van der Waals surface area contributed by atoms with Gasteiger partial charge in [0.05, 0.1) is 5.69 Å². The molecule has 0 heterocycles. The van der Waals surface area contributed by atoms with Gasteiger partial charge in [-0.3, -0.25) is 0 Å². The van der Waals surface area contributed by atoms with E-state index in [1.165, 1.54) is 75.3 Å². The van der Waals surface area contributed by atoms with E-state index in [9.17, 15) is 0 Å². The average Bonchev–Trinajstić information content (AvgIpc) is 2.71. The van der Waals surface area contributed by atoms with Crippen LogP contribution in [0, 0.1) is 0 Å². The summed E-state index contributed by atoms with van der Waals surface area (Å²) in [5.41, 5.74) is 16.0. The van der Waals surface area contributed by atoms with Gasteiger partial charge in [-0.1, -0.05) is 64.0 Å². The fraction of sp³-hybridized carbons (Fsp3) is 0.520. The van der Waals surface area contributed by atoms with Crippen molar-refractivity contribution < 1.29 is 4.74 Å². The van der Waals surface area contributed by atoms with Crippen molar-refractivity contribution in [3.05, 3.63) is 47.5 Å². The molecule has 0 unspecified atom stereocenters. The number of nitrogen functional groups attached to an aromatic ring is 2. The summed E-state index contributed by atoms with van der Waals surface area (Å²) in [4.78, 5) is 0. The highest BCUT2D eigenvalue weighted by atomic mass is 16.5. The van der Waals surface area contributed by atoms with E-state index in [-0.39, 0.29) is 0 Å². The summed E-state index contributed by atoms with van der Waals surface area (Å²) >= 11 is 0. The second kappa shape index (κ2) is 10.4. The van der Waals surface area contributed by atoms with Crippen molar-refractivity contribution in [3.63, 3.8) is 0 Å². The third-order valence-electron chi connectivity index (χ3n) is 5.94. The molecule has 152 valence electrons. The molecule has 1 saturated carbocycles. The van der Waals surface area contributed by atoms with Crippen LogP contribution in [0.1, 0.15) is 88.2 Å². The van der Waals surface area contributed by atoms with Gasteiger partial charge in [0.2, 0.25) is 0 Å². The molecule has 0 spiro atoms. The van der Waals surface area contributed by atoms with Gasteiger partial charge in [0, 0.05) is 5.69 Å². The Morgan fingerprint density at radius 1 is 0.857 bits per heavy atom. The Labute approximate surface area is 170 Å². The van der Waals surface area contributed by atoms with E-state index < -0.39 is 0 Å². The van der Waals surface area contributed by atoms with E-state index in [4.69, 9.17) is 16.2 Å². The minimum atomic E-state index is 0.592. The Morgan fingerprint density at radius 3 is 2.36 bits per heavy atom. The molecule has 0 aliphatic heterocycles. The van der Waals surface area contributed by atoms with Crippen LogP contribution < -0.4 is 16.2 Å². The number of hydrogen-bond acceptors (Lipinski definition) is 3. The Kier molecular flexibility index (Phi) is 7.64.